The zero-order valence-corrected chi connectivity index (χ0v) is 10.9. The van der Waals surface area contributed by atoms with Crippen molar-refractivity contribution >= 4 is 0 Å². The third-order valence-corrected chi connectivity index (χ3v) is 2.22. The monoisotopic (exact) mass is 222 g/mol. The first-order valence-corrected chi connectivity index (χ1v) is 5.71. The van der Waals surface area contributed by atoms with Crippen LogP contribution in [0.5, 0.6) is 5.88 Å². The maximum absolute atomic E-state index is 5.68. The fourth-order valence-electron chi connectivity index (χ4n) is 1.36. The summed E-state index contributed by atoms with van der Waals surface area (Å²) < 4.78 is 5.63. The van der Waals surface area contributed by atoms with Crippen molar-refractivity contribution in [3.8, 4) is 5.88 Å². The number of aromatic nitrogens is 1. The van der Waals surface area contributed by atoms with Crippen LogP contribution in [0.3, 0.4) is 0 Å². The molecule has 1 rings (SSSR count). The maximum Gasteiger partial charge on any atom is 0.214 e. The van der Waals surface area contributed by atoms with Crippen molar-refractivity contribution in [2.45, 2.75) is 52.7 Å². The minimum atomic E-state index is 0.0142. The van der Waals surface area contributed by atoms with E-state index >= 15 is 0 Å². The predicted molar refractivity (Wildman–Crippen MR) is 66.6 cm³/mol. The molecule has 0 aliphatic carbocycles. The molecule has 3 heteroatoms. The van der Waals surface area contributed by atoms with E-state index in [1.165, 1.54) is 0 Å². The highest BCUT2D eigenvalue weighted by molar-refractivity contribution is 5.28. The Kier molecular flexibility index (Phi) is 3.92. The quantitative estimate of drug-likeness (QED) is 0.855. The second-order valence-electron chi connectivity index (χ2n) is 5.32. The second kappa shape index (κ2) is 4.83. The average molecular weight is 222 g/mol. The highest BCUT2D eigenvalue weighted by Crippen LogP contribution is 2.24. The molecule has 0 atom stereocenters. The molecule has 0 aliphatic rings. The van der Waals surface area contributed by atoms with Gasteiger partial charge >= 0.3 is 0 Å². The van der Waals surface area contributed by atoms with Crippen LogP contribution in [-0.4, -0.2) is 11.1 Å². The summed E-state index contributed by atoms with van der Waals surface area (Å²) >= 11 is 0. The standard InChI is InChI=1S/C13H22N2O/c1-9(2)16-12-7-10(8-14)6-11(15-12)13(3,4)5/h6-7,9H,8,14H2,1-5H3. The lowest BCUT2D eigenvalue weighted by Crippen LogP contribution is -2.16. The van der Waals surface area contributed by atoms with Crippen LogP contribution in [0.25, 0.3) is 0 Å². The Balaban J connectivity index is 3.11. The van der Waals surface area contributed by atoms with Crippen LogP contribution in [0, 0.1) is 0 Å². The lowest BCUT2D eigenvalue weighted by Gasteiger charge is -2.20. The molecule has 0 aliphatic heterocycles. The van der Waals surface area contributed by atoms with E-state index in [9.17, 15) is 0 Å². The zero-order valence-electron chi connectivity index (χ0n) is 10.9. The summed E-state index contributed by atoms with van der Waals surface area (Å²) in [4.78, 5) is 4.51. The molecule has 1 aromatic rings. The molecular formula is C13H22N2O. The number of nitrogens with two attached hydrogens (primary N) is 1. The molecule has 1 heterocycles. The van der Waals surface area contributed by atoms with E-state index in [0.717, 1.165) is 11.3 Å². The van der Waals surface area contributed by atoms with E-state index in [4.69, 9.17) is 10.5 Å². The van der Waals surface area contributed by atoms with Gasteiger partial charge in [0.1, 0.15) is 0 Å². The van der Waals surface area contributed by atoms with Crippen LogP contribution >= 0.6 is 0 Å². The Morgan fingerprint density at radius 2 is 1.94 bits per heavy atom. The van der Waals surface area contributed by atoms with E-state index < -0.39 is 0 Å². The van der Waals surface area contributed by atoms with Crippen molar-refractivity contribution in [3.63, 3.8) is 0 Å². The van der Waals surface area contributed by atoms with Crippen LogP contribution in [0.4, 0.5) is 0 Å². The summed E-state index contributed by atoms with van der Waals surface area (Å²) in [5.74, 6) is 0.669. The Morgan fingerprint density at radius 1 is 1.31 bits per heavy atom. The van der Waals surface area contributed by atoms with Gasteiger partial charge < -0.3 is 10.5 Å². The Hall–Kier alpha value is -1.09. The molecule has 0 saturated carbocycles. The largest absolute Gasteiger partial charge is 0.475 e. The van der Waals surface area contributed by atoms with Crippen molar-refractivity contribution in [1.29, 1.82) is 0 Å². The SMILES string of the molecule is CC(C)Oc1cc(CN)cc(C(C)(C)C)n1. The third kappa shape index (κ3) is 3.49. The van der Waals surface area contributed by atoms with Gasteiger partial charge in [-0.15, -0.1) is 0 Å². The van der Waals surface area contributed by atoms with E-state index in [0.29, 0.717) is 12.4 Å². The van der Waals surface area contributed by atoms with Gasteiger partial charge in [-0.25, -0.2) is 4.98 Å². The van der Waals surface area contributed by atoms with Gasteiger partial charge in [0.05, 0.1) is 11.8 Å². The molecule has 0 unspecified atom stereocenters. The second-order valence-corrected chi connectivity index (χ2v) is 5.32. The molecule has 0 spiro atoms. The molecule has 0 radical (unpaired) electrons. The van der Waals surface area contributed by atoms with Crippen LogP contribution in [0.2, 0.25) is 0 Å². The van der Waals surface area contributed by atoms with Crippen LogP contribution < -0.4 is 10.5 Å². The molecule has 0 aromatic carbocycles. The van der Waals surface area contributed by atoms with Gasteiger partial charge in [0, 0.05) is 18.0 Å². The molecule has 0 amide bonds. The highest BCUT2D eigenvalue weighted by atomic mass is 16.5. The topological polar surface area (TPSA) is 48.1 Å². The van der Waals surface area contributed by atoms with Crippen LogP contribution in [0.15, 0.2) is 12.1 Å². The molecule has 3 nitrogen and oxygen atoms in total. The molecule has 2 N–H and O–H groups in total. The smallest absolute Gasteiger partial charge is 0.214 e. The van der Waals surface area contributed by atoms with Crippen molar-refractivity contribution in [2.24, 2.45) is 5.73 Å². The molecule has 16 heavy (non-hydrogen) atoms. The first-order chi connectivity index (χ1) is 7.32. The Morgan fingerprint density at radius 3 is 2.38 bits per heavy atom. The molecule has 0 fully saturated rings. The number of rotatable bonds is 3. The predicted octanol–water partition coefficient (Wildman–Crippen LogP) is 2.63. The van der Waals surface area contributed by atoms with Gasteiger partial charge in [-0.1, -0.05) is 20.8 Å². The van der Waals surface area contributed by atoms with Gasteiger partial charge in [-0.2, -0.15) is 0 Å². The summed E-state index contributed by atoms with van der Waals surface area (Å²) in [6, 6.07) is 3.96. The van der Waals surface area contributed by atoms with Gasteiger partial charge in [-0.3, -0.25) is 0 Å². The minimum absolute atomic E-state index is 0.0142. The number of nitrogens with zero attached hydrogens (tertiary/aromatic N) is 1. The molecule has 0 saturated heterocycles. The summed E-state index contributed by atoms with van der Waals surface area (Å²) in [6.07, 6.45) is 0.133. The maximum atomic E-state index is 5.68. The number of ether oxygens (including phenoxy) is 1. The van der Waals surface area contributed by atoms with E-state index in [2.05, 4.69) is 25.8 Å². The fraction of sp³-hybridized carbons (Fsp3) is 0.615. The first-order valence-electron chi connectivity index (χ1n) is 5.71. The van der Waals surface area contributed by atoms with Crippen molar-refractivity contribution in [1.82, 2.24) is 4.98 Å². The summed E-state index contributed by atoms with van der Waals surface area (Å²) in [5, 5.41) is 0. The molecule has 0 bridgehead atoms. The average Bonchev–Trinajstić information content (AvgIpc) is 2.14. The van der Waals surface area contributed by atoms with Gasteiger partial charge in [0.25, 0.3) is 0 Å². The normalized spacial score (nSPS) is 11.9. The van der Waals surface area contributed by atoms with Crippen LogP contribution in [-0.2, 0) is 12.0 Å². The van der Waals surface area contributed by atoms with E-state index in [1.807, 2.05) is 26.0 Å². The Bertz CT molecular complexity index is 353. The summed E-state index contributed by atoms with van der Waals surface area (Å²) in [7, 11) is 0. The van der Waals surface area contributed by atoms with Gasteiger partial charge in [-0.05, 0) is 25.5 Å². The molecule has 90 valence electrons. The van der Waals surface area contributed by atoms with Gasteiger partial charge in [0.2, 0.25) is 5.88 Å². The van der Waals surface area contributed by atoms with E-state index in [1.54, 1.807) is 0 Å². The van der Waals surface area contributed by atoms with Gasteiger partial charge in [0.15, 0.2) is 0 Å². The van der Waals surface area contributed by atoms with Crippen molar-refractivity contribution < 1.29 is 4.74 Å². The van der Waals surface area contributed by atoms with Crippen LogP contribution in [0.1, 0.15) is 45.9 Å². The number of hydrogen-bond donors (Lipinski definition) is 1. The molecule has 1 aromatic heterocycles. The van der Waals surface area contributed by atoms with E-state index in [-0.39, 0.29) is 11.5 Å². The van der Waals surface area contributed by atoms with Crippen molar-refractivity contribution in [3.05, 3.63) is 23.4 Å². The molecular weight excluding hydrogens is 200 g/mol. The zero-order chi connectivity index (χ0) is 12.3. The van der Waals surface area contributed by atoms with Crippen molar-refractivity contribution in [2.75, 3.05) is 0 Å². The number of hydrogen-bond acceptors (Lipinski definition) is 3. The highest BCUT2D eigenvalue weighted by Gasteiger charge is 2.17. The first kappa shape index (κ1) is 13.0. The summed E-state index contributed by atoms with van der Waals surface area (Å²) in [6.45, 7) is 10.9. The number of pyridine rings is 1. The minimum Gasteiger partial charge on any atom is -0.475 e. The lowest BCUT2D eigenvalue weighted by atomic mass is 9.91. The third-order valence-electron chi connectivity index (χ3n) is 2.22. The Labute approximate surface area is 98.0 Å². The fourth-order valence-corrected chi connectivity index (χ4v) is 1.36. The summed E-state index contributed by atoms with van der Waals surface area (Å²) in [5.41, 5.74) is 7.78. The lowest BCUT2D eigenvalue weighted by molar-refractivity contribution is 0.231.